The standard InChI is InChI=1S/C12H17ClS/c1-10-3-5-11(6-4-10)12(9-13)7-8-14-2/h3-6,12H,7-9H2,1-2H3. The van der Waals surface area contributed by atoms with Gasteiger partial charge < -0.3 is 0 Å². The molecule has 0 N–H and O–H groups in total. The van der Waals surface area contributed by atoms with Gasteiger partial charge in [-0.3, -0.25) is 0 Å². The van der Waals surface area contributed by atoms with E-state index in [1.54, 1.807) is 0 Å². The van der Waals surface area contributed by atoms with Crippen molar-refractivity contribution >= 4 is 23.4 Å². The van der Waals surface area contributed by atoms with Gasteiger partial charge in [-0.15, -0.1) is 11.6 Å². The minimum absolute atomic E-state index is 0.518. The number of thioether (sulfide) groups is 1. The summed E-state index contributed by atoms with van der Waals surface area (Å²) in [7, 11) is 0. The van der Waals surface area contributed by atoms with Gasteiger partial charge in [-0.25, -0.2) is 0 Å². The molecule has 0 heterocycles. The molecule has 1 aromatic rings. The van der Waals surface area contributed by atoms with Gasteiger partial charge in [0.2, 0.25) is 0 Å². The van der Waals surface area contributed by atoms with Crippen LogP contribution in [0.2, 0.25) is 0 Å². The van der Waals surface area contributed by atoms with Crippen LogP contribution in [0.25, 0.3) is 0 Å². The second-order valence-electron chi connectivity index (χ2n) is 3.54. The molecule has 0 aliphatic heterocycles. The van der Waals surface area contributed by atoms with Crippen molar-refractivity contribution in [3.05, 3.63) is 35.4 Å². The maximum absolute atomic E-state index is 5.97. The van der Waals surface area contributed by atoms with Crippen LogP contribution in [0.5, 0.6) is 0 Å². The van der Waals surface area contributed by atoms with E-state index in [0.717, 1.165) is 5.88 Å². The second-order valence-corrected chi connectivity index (χ2v) is 4.84. The molecule has 2 heteroatoms. The fraction of sp³-hybridized carbons (Fsp3) is 0.500. The first-order valence-electron chi connectivity index (χ1n) is 4.89. The summed E-state index contributed by atoms with van der Waals surface area (Å²) >= 11 is 7.85. The van der Waals surface area contributed by atoms with E-state index in [9.17, 15) is 0 Å². The van der Waals surface area contributed by atoms with E-state index in [-0.39, 0.29) is 0 Å². The fourth-order valence-electron chi connectivity index (χ4n) is 1.43. The third-order valence-electron chi connectivity index (χ3n) is 2.41. The van der Waals surface area contributed by atoms with Crippen molar-refractivity contribution in [3.63, 3.8) is 0 Å². The number of rotatable bonds is 5. The van der Waals surface area contributed by atoms with Crippen molar-refractivity contribution in [2.75, 3.05) is 17.9 Å². The first-order chi connectivity index (χ1) is 6.77. The van der Waals surface area contributed by atoms with Crippen molar-refractivity contribution in [2.24, 2.45) is 0 Å². The number of halogens is 1. The number of alkyl halides is 1. The Morgan fingerprint density at radius 3 is 2.43 bits per heavy atom. The molecule has 78 valence electrons. The van der Waals surface area contributed by atoms with Gasteiger partial charge in [0, 0.05) is 5.88 Å². The molecule has 1 atom stereocenters. The number of hydrogen-bond donors (Lipinski definition) is 0. The molecule has 0 spiro atoms. The molecule has 0 bridgehead atoms. The summed E-state index contributed by atoms with van der Waals surface area (Å²) in [5.41, 5.74) is 2.69. The molecular formula is C12H17ClS. The van der Waals surface area contributed by atoms with E-state index in [4.69, 9.17) is 11.6 Å². The van der Waals surface area contributed by atoms with Crippen LogP contribution in [0, 0.1) is 6.92 Å². The Morgan fingerprint density at radius 1 is 1.29 bits per heavy atom. The first-order valence-corrected chi connectivity index (χ1v) is 6.82. The predicted octanol–water partition coefficient (Wildman–Crippen LogP) is 4.07. The van der Waals surface area contributed by atoms with Crippen molar-refractivity contribution in [3.8, 4) is 0 Å². The van der Waals surface area contributed by atoms with Crippen LogP contribution in [0.4, 0.5) is 0 Å². The van der Waals surface area contributed by atoms with Crippen LogP contribution >= 0.6 is 23.4 Å². The molecule has 0 nitrogen and oxygen atoms in total. The van der Waals surface area contributed by atoms with Crippen molar-refractivity contribution in [1.29, 1.82) is 0 Å². The highest BCUT2D eigenvalue weighted by atomic mass is 35.5. The molecule has 0 saturated heterocycles. The quantitative estimate of drug-likeness (QED) is 0.685. The second kappa shape index (κ2) is 6.36. The Bertz CT molecular complexity index is 256. The van der Waals surface area contributed by atoms with E-state index in [0.29, 0.717) is 5.92 Å². The number of aryl methyl sites for hydroxylation is 1. The largest absolute Gasteiger partial charge is 0.165 e. The van der Waals surface area contributed by atoms with Gasteiger partial charge in [-0.1, -0.05) is 29.8 Å². The summed E-state index contributed by atoms with van der Waals surface area (Å²) in [4.78, 5) is 0. The van der Waals surface area contributed by atoms with E-state index in [1.807, 2.05) is 11.8 Å². The van der Waals surface area contributed by atoms with Crippen LogP contribution < -0.4 is 0 Å². The van der Waals surface area contributed by atoms with Crippen LogP contribution in [0.3, 0.4) is 0 Å². The zero-order valence-corrected chi connectivity index (χ0v) is 10.4. The highest BCUT2D eigenvalue weighted by molar-refractivity contribution is 7.98. The lowest BCUT2D eigenvalue weighted by Crippen LogP contribution is -2.01. The normalized spacial score (nSPS) is 12.8. The Morgan fingerprint density at radius 2 is 1.93 bits per heavy atom. The predicted molar refractivity (Wildman–Crippen MR) is 67.6 cm³/mol. The van der Waals surface area contributed by atoms with E-state index in [2.05, 4.69) is 37.4 Å². The van der Waals surface area contributed by atoms with Gasteiger partial charge in [0.1, 0.15) is 0 Å². The molecule has 0 aliphatic carbocycles. The maximum Gasteiger partial charge on any atom is 0.0292 e. The van der Waals surface area contributed by atoms with Crippen molar-refractivity contribution in [2.45, 2.75) is 19.3 Å². The summed E-state index contributed by atoms with van der Waals surface area (Å²) in [6.45, 7) is 2.11. The smallest absolute Gasteiger partial charge is 0.0292 e. The Kier molecular flexibility index (Phi) is 5.42. The summed E-state index contributed by atoms with van der Waals surface area (Å²) < 4.78 is 0. The highest BCUT2D eigenvalue weighted by Gasteiger charge is 2.08. The van der Waals surface area contributed by atoms with Gasteiger partial charge in [0.15, 0.2) is 0 Å². The summed E-state index contributed by atoms with van der Waals surface area (Å²) in [6.07, 6.45) is 3.31. The fourth-order valence-corrected chi connectivity index (χ4v) is 2.28. The minimum Gasteiger partial charge on any atom is -0.165 e. The average molecular weight is 229 g/mol. The molecule has 1 unspecified atom stereocenters. The lowest BCUT2D eigenvalue weighted by molar-refractivity contribution is 0.748. The Labute approximate surface area is 96.0 Å². The molecule has 1 aromatic carbocycles. The monoisotopic (exact) mass is 228 g/mol. The number of benzene rings is 1. The Balaban J connectivity index is 2.64. The molecule has 0 aromatic heterocycles. The van der Waals surface area contributed by atoms with Gasteiger partial charge >= 0.3 is 0 Å². The molecule has 14 heavy (non-hydrogen) atoms. The topological polar surface area (TPSA) is 0 Å². The van der Waals surface area contributed by atoms with Gasteiger partial charge in [0.25, 0.3) is 0 Å². The van der Waals surface area contributed by atoms with E-state index in [1.165, 1.54) is 23.3 Å². The summed E-state index contributed by atoms with van der Waals surface area (Å²) in [6, 6.07) is 8.72. The summed E-state index contributed by atoms with van der Waals surface area (Å²) in [5, 5.41) is 0. The van der Waals surface area contributed by atoms with Gasteiger partial charge in [-0.05, 0) is 36.8 Å². The molecule has 0 fully saturated rings. The van der Waals surface area contributed by atoms with Crippen LogP contribution in [0.15, 0.2) is 24.3 Å². The van der Waals surface area contributed by atoms with E-state index < -0.39 is 0 Å². The SMILES string of the molecule is CSCCC(CCl)c1ccc(C)cc1. The van der Waals surface area contributed by atoms with E-state index >= 15 is 0 Å². The third kappa shape index (κ3) is 3.55. The minimum atomic E-state index is 0.518. The van der Waals surface area contributed by atoms with Crippen LogP contribution in [-0.2, 0) is 0 Å². The zero-order valence-electron chi connectivity index (χ0n) is 8.79. The number of hydrogen-bond acceptors (Lipinski definition) is 1. The molecule has 0 saturated carbocycles. The van der Waals surface area contributed by atoms with Crippen LogP contribution in [-0.4, -0.2) is 17.9 Å². The molecular weight excluding hydrogens is 212 g/mol. The molecule has 1 rings (SSSR count). The lowest BCUT2D eigenvalue weighted by atomic mass is 9.98. The zero-order chi connectivity index (χ0) is 10.4. The average Bonchev–Trinajstić information content (AvgIpc) is 2.21. The van der Waals surface area contributed by atoms with Crippen LogP contribution in [0.1, 0.15) is 23.5 Å². The molecule has 0 amide bonds. The highest BCUT2D eigenvalue weighted by Crippen LogP contribution is 2.22. The third-order valence-corrected chi connectivity index (χ3v) is 3.42. The first kappa shape index (κ1) is 11.9. The summed E-state index contributed by atoms with van der Waals surface area (Å²) in [5.74, 6) is 2.43. The van der Waals surface area contributed by atoms with Crippen molar-refractivity contribution < 1.29 is 0 Å². The Hall–Kier alpha value is -0.140. The van der Waals surface area contributed by atoms with Gasteiger partial charge in [-0.2, -0.15) is 11.8 Å². The maximum atomic E-state index is 5.97. The van der Waals surface area contributed by atoms with Gasteiger partial charge in [0.05, 0.1) is 0 Å². The molecule has 0 radical (unpaired) electrons. The lowest BCUT2D eigenvalue weighted by Gasteiger charge is -2.13. The van der Waals surface area contributed by atoms with Crippen molar-refractivity contribution in [1.82, 2.24) is 0 Å². The molecule has 0 aliphatic rings.